The molecule has 18 heavy (non-hydrogen) atoms. The van der Waals surface area contributed by atoms with Gasteiger partial charge in [0.1, 0.15) is 0 Å². The molecular formula is C14H19N3S. The Kier molecular flexibility index (Phi) is 4.47. The number of hydrogen-bond donors (Lipinski definition) is 1. The van der Waals surface area contributed by atoms with E-state index in [-0.39, 0.29) is 12.1 Å². The molecular weight excluding hydrogens is 242 g/mol. The van der Waals surface area contributed by atoms with Crippen LogP contribution in [0.2, 0.25) is 0 Å². The van der Waals surface area contributed by atoms with Crippen LogP contribution in [-0.2, 0) is 6.54 Å². The van der Waals surface area contributed by atoms with E-state index in [9.17, 15) is 0 Å². The smallest absolute Gasteiger partial charge is 0.0544 e. The Bertz CT molecular complexity index is 453. The molecule has 0 saturated carbocycles. The molecule has 0 aliphatic rings. The van der Waals surface area contributed by atoms with Crippen LogP contribution in [0.1, 0.15) is 24.2 Å². The second kappa shape index (κ2) is 6.09. The van der Waals surface area contributed by atoms with E-state index in [0.29, 0.717) is 0 Å². The maximum absolute atomic E-state index is 6.12. The molecule has 0 aliphatic heterocycles. The largest absolute Gasteiger partial charge is 0.326 e. The maximum Gasteiger partial charge on any atom is 0.0544 e. The van der Waals surface area contributed by atoms with Gasteiger partial charge in [0.15, 0.2) is 0 Å². The quantitative estimate of drug-likeness (QED) is 0.899. The fraction of sp³-hybridized carbons (Fsp3) is 0.357. The molecule has 2 aromatic rings. The van der Waals surface area contributed by atoms with Crippen LogP contribution in [0.5, 0.6) is 0 Å². The minimum absolute atomic E-state index is 0.0910. The van der Waals surface area contributed by atoms with Gasteiger partial charge in [-0.15, -0.1) is 0 Å². The van der Waals surface area contributed by atoms with E-state index in [4.69, 9.17) is 5.73 Å². The average molecular weight is 261 g/mol. The Balaban J connectivity index is 2.12. The monoisotopic (exact) mass is 261 g/mol. The molecule has 0 aromatic carbocycles. The van der Waals surface area contributed by atoms with Gasteiger partial charge in [-0.2, -0.15) is 11.3 Å². The summed E-state index contributed by atoms with van der Waals surface area (Å²) in [5.41, 5.74) is 8.48. The summed E-state index contributed by atoms with van der Waals surface area (Å²) in [5, 5.41) is 4.27. The lowest BCUT2D eigenvalue weighted by atomic mass is 10.0. The minimum atomic E-state index is 0.0910. The molecule has 0 amide bonds. The Morgan fingerprint density at radius 3 is 2.78 bits per heavy atom. The summed E-state index contributed by atoms with van der Waals surface area (Å²) in [6, 6.07) is 8.47. The fourth-order valence-corrected chi connectivity index (χ4v) is 2.94. The normalized spacial score (nSPS) is 14.7. The van der Waals surface area contributed by atoms with Gasteiger partial charge in [0.25, 0.3) is 0 Å². The Morgan fingerprint density at radius 1 is 1.39 bits per heavy atom. The Morgan fingerprint density at radius 2 is 2.22 bits per heavy atom. The van der Waals surface area contributed by atoms with Gasteiger partial charge in [0.2, 0.25) is 0 Å². The summed E-state index contributed by atoms with van der Waals surface area (Å²) < 4.78 is 0. The molecule has 0 fully saturated rings. The average Bonchev–Trinajstić information content (AvgIpc) is 2.83. The van der Waals surface area contributed by atoms with Crippen molar-refractivity contribution in [2.75, 3.05) is 7.05 Å². The second-order valence-corrected chi connectivity index (χ2v) is 5.38. The zero-order chi connectivity index (χ0) is 13.0. The number of pyridine rings is 1. The van der Waals surface area contributed by atoms with E-state index >= 15 is 0 Å². The number of nitrogens with zero attached hydrogens (tertiary/aromatic N) is 2. The first-order valence-corrected chi connectivity index (χ1v) is 7.00. The minimum Gasteiger partial charge on any atom is -0.326 e. The summed E-state index contributed by atoms with van der Waals surface area (Å²) in [6.45, 7) is 2.86. The SMILES string of the molecule is CC(N)C(c1ccsc1)N(C)Cc1ccccn1. The van der Waals surface area contributed by atoms with Gasteiger partial charge in [-0.3, -0.25) is 9.88 Å². The summed E-state index contributed by atoms with van der Waals surface area (Å²) in [4.78, 5) is 6.62. The zero-order valence-electron chi connectivity index (χ0n) is 10.8. The van der Waals surface area contributed by atoms with Crippen LogP contribution in [0.25, 0.3) is 0 Å². The lowest BCUT2D eigenvalue weighted by Gasteiger charge is -2.30. The lowest BCUT2D eigenvalue weighted by molar-refractivity contribution is 0.209. The molecule has 2 N–H and O–H groups in total. The number of rotatable bonds is 5. The van der Waals surface area contributed by atoms with Crippen molar-refractivity contribution in [2.45, 2.75) is 25.6 Å². The topological polar surface area (TPSA) is 42.1 Å². The molecule has 96 valence electrons. The third-order valence-electron chi connectivity index (χ3n) is 3.00. The van der Waals surface area contributed by atoms with Crippen molar-refractivity contribution in [1.82, 2.24) is 9.88 Å². The Labute approximate surface area is 112 Å². The molecule has 2 heterocycles. The second-order valence-electron chi connectivity index (χ2n) is 4.60. The number of nitrogens with two attached hydrogens (primary N) is 1. The highest BCUT2D eigenvalue weighted by Gasteiger charge is 2.21. The van der Waals surface area contributed by atoms with Crippen LogP contribution in [0.3, 0.4) is 0 Å². The van der Waals surface area contributed by atoms with Crippen LogP contribution in [0.15, 0.2) is 41.2 Å². The summed E-state index contributed by atoms with van der Waals surface area (Å²) in [6.07, 6.45) is 1.83. The van der Waals surface area contributed by atoms with Crippen molar-refractivity contribution in [2.24, 2.45) is 5.73 Å². The highest BCUT2D eigenvalue weighted by Crippen LogP contribution is 2.25. The molecule has 0 bridgehead atoms. The Hall–Kier alpha value is -1.23. The van der Waals surface area contributed by atoms with Gasteiger partial charge < -0.3 is 5.73 Å². The fourth-order valence-electron chi connectivity index (χ4n) is 2.25. The van der Waals surface area contributed by atoms with Crippen LogP contribution < -0.4 is 5.73 Å². The van der Waals surface area contributed by atoms with Crippen molar-refractivity contribution >= 4 is 11.3 Å². The van der Waals surface area contributed by atoms with Crippen LogP contribution in [0.4, 0.5) is 0 Å². The summed E-state index contributed by atoms with van der Waals surface area (Å²) in [7, 11) is 2.10. The molecule has 0 saturated heterocycles. The lowest BCUT2D eigenvalue weighted by Crippen LogP contribution is -2.36. The maximum atomic E-state index is 6.12. The number of thiophene rings is 1. The molecule has 2 aromatic heterocycles. The van der Waals surface area contributed by atoms with Gasteiger partial charge in [-0.1, -0.05) is 6.07 Å². The molecule has 0 radical (unpaired) electrons. The molecule has 2 unspecified atom stereocenters. The zero-order valence-corrected chi connectivity index (χ0v) is 11.6. The van der Waals surface area contributed by atoms with Gasteiger partial charge in [0.05, 0.1) is 11.7 Å². The van der Waals surface area contributed by atoms with Crippen LogP contribution >= 0.6 is 11.3 Å². The van der Waals surface area contributed by atoms with Gasteiger partial charge >= 0.3 is 0 Å². The number of aromatic nitrogens is 1. The van der Waals surface area contributed by atoms with Crippen molar-refractivity contribution in [3.63, 3.8) is 0 Å². The number of hydrogen-bond acceptors (Lipinski definition) is 4. The highest BCUT2D eigenvalue weighted by molar-refractivity contribution is 7.07. The first-order chi connectivity index (χ1) is 8.68. The van der Waals surface area contributed by atoms with Gasteiger partial charge in [-0.25, -0.2) is 0 Å². The van der Waals surface area contributed by atoms with E-state index in [0.717, 1.165) is 12.2 Å². The standard InChI is InChI=1S/C14H19N3S/c1-11(15)14(12-6-8-18-10-12)17(2)9-13-5-3-4-7-16-13/h3-8,10-11,14H,9,15H2,1-2H3. The van der Waals surface area contributed by atoms with Crippen molar-refractivity contribution in [3.8, 4) is 0 Å². The highest BCUT2D eigenvalue weighted by atomic mass is 32.1. The molecule has 3 nitrogen and oxygen atoms in total. The van der Waals surface area contributed by atoms with Gasteiger partial charge in [0, 0.05) is 18.8 Å². The van der Waals surface area contributed by atoms with E-state index < -0.39 is 0 Å². The first kappa shape index (κ1) is 13.2. The predicted molar refractivity (Wildman–Crippen MR) is 76.4 cm³/mol. The van der Waals surface area contributed by atoms with E-state index in [1.54, 1.807) is 11.3 Å². The van der Waals surface area contributed by atoms with Crippen LogP contribution in [-0.4, -0.2) is 23.0 Å². The summed E-state index contributed by atoms with van der Waals surface area (Å²) in [5.74, 6) is 0. The predicted octanol–water partition coefficient (Wildman–Crippen LogP) is 2.66. The molecule has 2 atom stereocenters. The van der Waals surface area contributed by atoms with E-state index in [1.165, 1.54) is 5.56 Å². The van der Waals surface area contributed by atoms with Crippen LogP contribution in [0, 0.1) is 0 Å². The van der Waals surface area contributed by atoms with Gasteiger partial charge in [-0.05, 0) is 48.5 Å². The molecule has 4 heteroatoms. The molecule has 0 aliphatic carbocycles. The summed E-state index contributed by atoms with van der Waals surface area (Å²) >= 11 is 1.71. The van der Waals surface area contributed by atoms with E-state index in [2.05, 4.69) is 40.7 Å². The van der Waals surface area contributed by atoms with Crippen molar-refractivity contribution < 1.29 is 0 Å². The van der Waals surface area contributed by atoms with E-state index in [1.807, 2.05) is 24.4 Å². The molecule has 0 spiro atoms. The third kappa shape index (κ3) is 3.16. The molecule has 2 rings (SSSR count). The third-order valence-corrected chi connectivity index (χ3v) is 3.70. The first-order valence-electron chi connectivity index (χ1n) is 6.06. The van der Waals surface area contributed by atoms with Crippen molar-refractivity contribution in [1.29, 1.82) is 0 Å². The number of likely N-dealkylation sites (N-methyl/N-ethyl adjacent to an activating group) is 1. The van der Waals surface area contributed by atoms with Crippen molar-refractivity contribution in [3.05, 3.63) is 52.5 Å².